The van der Waals surface area contributed by atoms with E-state index in [0.717, 1.165) is 11.3 Å². The molecule has 1 aliphatic heterocycles. The lowest BCUT2D eigenvalue weighted by Crippen LogP contribution is -2.27. The Morgan fingerprint density at radius 2 is 2.22 bits per heavy atom. The van der Waals surface area contributed by atoms with Gasteiger partial charge in [0.15, 0.2) is 5.69 Å². The van der Waals surface area contributed by atoms with Crippen LogP contribution in [0.15, 0.2) is 0 Å². The highest BCUT2D eigenvalue weighted by atomic mass is 32.1. The molecular weight excluding hydrogens is 335 g/mol. The summed E-state index contributed by atoms with van der Waals surface area (Å²) < 4.78 is 42.5. The number of hydrogen-bond donors (Lipinski definition) is 2. The van der Waals surface area contributed by atoms with Crippen LogP contribution in [0.25, 0.3) is 0 Å². The van der Waals surface area contributed by atoms with Crippen molar-refractivity contribution in [2.24, 2.45) is 0 Å². The van der Waals surface area contributed by atoms with E-state index in [0.29, 0.717) is 31.0 Å². The van der Waals surface area contributed by atoms with Gasteiger partial charge in [0.05, 0.1) is 13.2 Å². The van der Waals surface area contributed by atoms with E-state index in [1.807, 2.05) is 0 Å². The molecule has 3 rings (SSSR count). The number of H-pyrrole nitrogens is 1. The minimum absolute atomic E-state index is 0.147. The van der Waals surface area contributed by atoms with Crippen LogP contribution in [0, 0.1) is 0 Å². The van der Waals surface area contributed by atoms with Crippen LogP contribution in [-0.2, 0) is 30.4 Å². The summed E-state index contributed by atoms with van der Waals surface area (Å²) in [6, 6.07) is 0. The SMILES string of the molecule is O=C(NCCc1nnc(C(F)(F)F)s1)c1n[nH]c2c1COCC2. The fraction of sp³-hybridized carbons (Fsp3) is 0.500. The van der Waals surface area contributed by atoms with E-state index in [1.54, 1.807) is 0 Å². The lowest BCUT2D eigenvalue weighted by atomic mass is 10.1. The van der Waals surface area contributed by atoms with Gasteiger partial charge in [-0.1, -0.05) is 11.3 Å². The molecule has 0 aromatic carbocycles. The van der Waals surface area contributed by atoms with Crippen molar-refractivity contribution in [3.8, 4) is 0 Å². The number of ether oxygens (including phenoxy) is 1. The van der Waals surface area contributed by atoms with E-state index in [2.05, 4.69) is 25.7 Å². The molecule has 0 bridgehead atoms. The van der Waals surface area contributed by atoms with Crippen molar-refractivity contribution in [1.29, 1.82) is 0 Å². The molecule has 11 heteroatoms. The van der Waals surface area contributed by atoms with E-state index in [1.165, 1.54) is 0 Å². The van der Waals surface area contributed by atoms with Gasteiger partial charge in [0, 0.05) is 30.6 Å². The van der Waals surface area contributed by atoms with Crippen LogP contribution in [0.2, 0.25) is 0 Å². The molecule has 7 nitrogen and oxygen atoms in total. The molecule has 0 aliphatic carbocycles. The zero-order chi connectivity index (χ0) is 16.4. The minimum Gasteiger partial charge on any atom is -0.376 e. The number of hydrogen-bond acceptors (Lipinski definition) is 6. The van der Waals surface area contributed by atoms with Crippen molar-refractivity contribution in [3.05, 3.63) is 27.0 Å². The van der Waals surface area contributed by atoms with Gasteiger partial charge in [-0.25, -0.2) is 0 Å². The van der Waals surface area contributed by atoms with Gasteiger partial charge in [-0.3, -0.25) is 9.89 Å². The van der Waals surface area contributed by atoms with Gasteiger partial charge >= 0.3 is 6.18 Å². The number of carbonyl (C=O) groups is 1. The van der Waals surface area contributed by atoms with Crippen molar-refractivity contribution < 1.29 is 22.7 Å². The summed E-state index contributed by atoms with van der Waals surface area (Å²) >= 11 is 0.472. The van der Waals surface area contributed by atoms with E-state index in [-0.39, 0.29) is 23.7 Å². The van der Waals surface area contributed by atoms with Gasteiger partial charge < -0.3 is 10.1 Å². The van der Waals surface area contributed by atoms with Gasteiger partial charge in [-0.05, 0) is 0 Å². The fourth-order valence-corrected chi connectivity index (χ4v) is 2.84. The van der Waals surface area contributed by atoms with E-state index in [9.17, 15) is 18.0 Å². The van der Waals surface area contributed by atoms with Gasteiger partial charge in [0.25, 0.3) is 5.91 Å². The molecule has 0 fully saturated rings. The molecule has 2 aromatic heterocycles. The molecule has 23 heavy (non-hydrogen) atoms. The maximum atomic E-state index is 12.4. The molecule has 2 N–H and O–H groups in total. The number of nitrogens with one attached hydrogen (secondary N) is 2. The van der Waals surface area contributed by atoms with Crippen LogP contribution < -0.4 is 5.32 Å². The third-order valence-electron chi connectivity index (χ3n) is 3.24. The topological polar surface area (TPSA) is 92.8 Å². The summed E-state index contributed by atoms with van der Waals surface area (Å²) in [6.45, 7) is 1.04. The lowest BCUT2D eigenvalue weighted by molar-refractivity contribution is -0.138. The fourth-order valence-electron chi connectivity index (χ4n) is 2.14. The summed E-state index contributed by atoms with van der Waals surface area (Å²) in [5.41, 5.74) is 1.86. The van der Waals surface area contributed by atoms with Crippen molar-refractivity contribution in [1.82, 2.24) is 25.7 Å². The Morgan fingerprint density at radius 1 is 1.39 bits per heavy atom. The molecule has 0 spiro atoms. The minimum atomic E-state index is -4.49. The van der Waals surface area contributed by atoms with Gasteiger partial charge in [-0.2, -0.15) is 18.3 Å². The first kappa shape index (κ1) is 15.9. The van der Waals surface area contributed by atoms with Crippen molar-refractivity contribution in [3.63, 3.8) is 0 Å². The number of halogens is 3. The molecule has 2 aromatic rings. The summed E-state index contributed by atoms with van der Waals surface area (Å²) in [6.07, 6.45) is -3.66. The number of fused-ring (bicyclic) bond motifs is 1. The van der Waals surface area contributed by atoms with Crippen molar-refractivity contribution >= 4 is 17.2 Å². The molecule has 1 aliphatic rings. The van der Waals surface area contributed by atoms with Crippen LogP contribution in [0.4, 0.5) is 13.2 Å². The molecule has 0 atom stereocenters. The smallest absolute Gasteiger partial charge is 0.376 e. The molecule has 1 amide bonds. The predicted octanol–water partition coefficient (Wildman–Crippen LogP) is 1.33. The van der Waals surface area contributed by atoms with Crippen LogP contribution in [0.3, 0.4) is 0 Å². The maximum absolute atomic E-state index is 12.4. The zero-order valence-corrected chi connectivity index (χ0v) is 12.6. The number of amides is 1. The number of aromatic nitrogens is 4. The molecule has 0 saturated heterocycles. The second-order valence-electron chi connectivity index (χ2n) is 4.84. The predicted molar refractivity (Wildman–Crippen MR) is 72.9 cm³/mol. The highest BCUT2D eigenvalue weighted by Gasteiger charge is 2.35. The van der Waals surface area contributed by atoms with E-state index >= 15 is 0 Å². The molecule has 3 heterocycles. The summed E-state index contributed by atoms with van der Waals surface area (Å²) in [5.74, 6) is -0.395. The number of alkyl halides is 3. The molecular formula is C12H12F3N5O2S. The second kappa shape index (κ2) is 6.24. The lowest BCUT2D eigenvalue weighted by Gasteiger charge is -2.12. The monoisotopic (exact) mass is 347 g/mol. The zero-order valence-electron chi connectivity index (χ0n) is 11.7. The Morgan fingerprint density at radius 3 is 2.96 bits per heavy atom. The van der Waals surface area contributed by atoms with Crippen LogP contribution in [0.5, 0.6) is 0 Å². The van der Waals surface area contributed by atoms with Crippen molar-refractivity contribution in [2.75, 3.05) is 13.2 Å². The third-order valence-corrected chi connectivity index (χ3v) is 4.27. The van der Waals surface area contributed by atoms with E-state index < -0.39 is 17.1 Å². The van der Waals surface area contributed by atoms with Gasteiger partial charge in [-0.15, -0.1) is 10.2 Å². The van der Waals surface area contributed by atoms with E-state index in [4.69, 9.17) is 4.74 Å². The maximum Gasteiger partial charge on any atom is 0.445 e. The summed E-state index contributed by atoms with van der Waals surface area (Å²) in [7, 11) is 0. The molecule has 124 valence electrons. The highest BCUT2D eigenvalue weighted by Crippen LogP contribution is 2.31. The Balaban J connectivity index is 1.55. The number of aromatic amines is 1. The largest absolute Gasteiger partial charge is 0.445 e. The normalized spacial score (nSPS) is 14.6. The quantitative estimate of drug-likeness (QED) is 0.870. The van der Waals surface area contributed by atoms with Crippen LogP contribution >= 0.6 is 11.3 Å². The third kappa shape index (κ3) is 3.50. The average molecular weight is 347 g/mol. The Labute approximate surface area is 132 Å². The average Bonchev–Trinajstić information content (AvgIpc) is 3.13. The Kier molecular flexibility index (Phi) is 4.31. The second-order valence-corrected chi connectivity index (χ2v) is 5.90. The standard InChI is InChI=1S/C12H12F3N5O2S/c13-12(14,15)11-20-18-8(23-11)1-3-16-10(21)9-6-5-22-4-2-7(6)17-19-9/h1-5H2,(H,16,21)(H,17,19). The molecule has 0 radical (unpaired) electrons. The first-order valence-electron chi connectivity index (χ1n) is 6.77. The van der Waals surface area contributed by atoms with Crippen LogP contribution in [-0.4, -0.2) is 39.5 Å². The van der Waals surface area contributed by atoms with Crippen molar-refractivity contribution in [2.45, 2.75) is 25.6 Å². The molecule has 0 unspecified atom stereocenters. The van der Waals surface area contributed by atoms with Crippen LogP contribution in [0.1, 0.15) is 31.8 Å². The summed E-state index contributed by atoms with van der Waals surface area (Å²) in [5, 5.41) is 15.2. The number of nitrogens with zero attached hydrogens (tertiary/aromatic N) is 3. The van der Waals surface area contributed by atoms with Gasteiger partial charge in [0.2, 0.25) is 5.01 Å². The first-order valence-corrected chi connectivity index (χ1v) is 7.58. The Hall–Kier alpha value is -2.01. The number of rotatable bonds is 4. The van der Waals surface area contributed by atoms with Gasteiger partial charge in [0.1, 0.15) is 5.01 Å². The summed E-state index contributed by atoms with van der Waals surface area (Å²) in [4.78, 5) is 12.1. The molecule has 0 saturated carbocycles. The number of carbonyl (C=O) groups excluding carboxylic acids is 1. The highest BCUT2D eigenvalue weighted by molar-refractivity contribution is 7.11. The Bertz CT molecular complexity index is 712. The first-order chi connectivity index (χ1) is 10.9.